The number of likely N-dealkylation sites (tertiary alicyclic amines) is 1. The van der Waals surface area contributed by atoms with Gasteiger partial charge in [-0.2, -0.15) is 5.10 Å². The molecule has 2 aromatic rings. The summed E-state index contributed by atoms with van der Waals surface area (Å²) in [5, 5.41) is 4.33. The molecule has 3 rings (SSSR count). The van der Waals surface area contributed by atoms with Crippen molar-refractivity contribution in [2.75, 3.05) is 18.8 Å². The Hall–Kier alpha value is -2.31. The van der Waals surface area contributed by atoms with Crippen LogP contribution in [0, 0.1) is 0 Å². The van der Waals surface area contributed by atoms with Gasteiger partial charge in [0, 0.05) is 24.7 Å². The second-order valence-corrected chi connectivity index (χ2v) is 7.30. The third kappa shape index (κ3) is 3.44. The molecule has 2 aromatic heterocycles. The zero-order chi connectivity index (χ0) is 17.3. The second kappa shape index (κ2) is 6.30. The maximum atomic E-state index is 12.3. The molecule has 0 saturated carbocycles. The van der Waals surface area contributed by atoms with Crippen LogP contribution in [0.2, 0.25) is 0 Å². The van der Waals surface area contributed by atoms with E-state index in [1.807, 2.05) is 36.3 Å². The molecule has 1 fully saturated rings. The molecule has 0 spiro atoms. The van der Waals surface area contributed by atoms with Gasteiger partial charge in [0.1, 0.15) is 17.4 Å². The van der Waals surface area contributed by atoms with Crippen LogP contribution in [0.1, 0.15) is 51.6 Å². The normalized spacial score (nSPS) is 19.3. The van der Waals surface area contributed by atoms with Gasteiger partial charge in [0.15, 0.2) is 5.82 Å². The van der Waals surface area contributed by atoms with Crippen LogP contribution < -0.4 is 5.73 Å². The number of aromatic nitrogens is 3. The number of fused-ring (bicyclic) bond motifs is 1. The quantitative estimate of drug-likeness (QED) is 0.868. The second-order valence-electron chi connectivity index (χ2n) is 7.30. The highest BCUT2D eigenvalue weighted by Crippen LogP contribution is 2.30. The van der Waals surface area contributed by atoms with E-state index in [4.69, 9.17) is 10.5 Å². The molecule has 2 N–H and O–H groups in total. The first-order valence-electron chi connectivity index (χ1n) is 8.41. The topological polar surface area (TPSA) is 85.8 Å². The van der Waals surface area contributed by atoms with Crippen molar-refractivity contribution in [3.8, 4) is 0 Å². The molecule has 1 saturated heterocycles. The third-order valence-electron chi connectivity index (χ3n) is 4.31. The number of amides is 1. The van der Waals surface area contributed by atoms with E-state index in [9.17, 15) is 4.79 Å². The number of nitrogen functional groups attached to an aromatic ring is 1. The van der Waals surface area contributed by atoms with Crippen molar-refractivity contribution < 1.29 is 9.53 Å². The van der Waals surface area contributed by atoms with Crippen LogP contribution in [-0.4, -0.2) is 44.3 Å². The largest absolute Gasteiger partial charge is 0.444 e. The Morgan fingerprint density at radius 1 is 1.29 bits per heavy atom. The number of hydrogen-bond acceptors (Lipinski definition) is 5. The van der Waals surface area contributed by atoms with Gasteiger partial charge in [0.2, 0.25) is 0 Å². The lowest BCUT2D eigenvalue weighted by atomic mass is 9.97. The number of rotatable bonds is 1. The number of carbonyl (C=O) groups excluding carboxylic acids is 1. The third-order valence-corrected chi connectivity index (χ3v) is 4.31. The first-order chi connectivity index (χ1) is 11.3. The van der Waals surface area contributed by atoms with Gasteiger partial charge in [-0.15, -0.1) is 0 Å². The van der Waals surface area contributed by atoms with Crippen LogP contribution >= 0.6 is 0 Å². The van der Waals surface area contributed by atoms with Gasteiger partial charge in [-0.25, -0.2) is 14.3 Å². The van der Waals surface area contributed by atoms with Crippen molar-refractivity contribution >= 4 is 17.4 Å². The summed E-state index contributed by atoms with van der Waals surface area (Å²) in [6.07, 6.45) is 4.09. The summed E-state index contributed by atoms with van der Waals surface area (Å²) in [5.74, 6) is 0.828. The van der Waals surface area contributed by atoms with E-state index in [2.05, 4.69) is 16.1 Å². The summed E-state index contributed by atoms with van der Waals surface area (Å²) in [7, 11) is 0. The van der Waals surface area contributed by atoms with Gasteiger partial charge in [-0.05, 0) is 52.2 Å². The SMILES string of the molecule is CC(C)(C)OC(=O)N1CCCC(c2ccc3c(N)ncnn23)CC1. The van der Waals surface area contributed by atoms with E-state index in [1.54, 1.807) is 0 Å². The maximum absolute atomic E-state index is 12.3. The molecule has 24 heavy (non-hydrogen) atoms. The number of carbonyl (C=O) groups is 1. The van der Waals surface area contributed by atoms with E-state index >= 15 is 0 Å². The molecular formula is C17H25N5O2. The summed E-state index contributed by atoms with van der Waals surface area (Å²) < 4.78 is 7.36. The number of ether oxygens (including phenoxy) is 1. The van der Waals surface area contributed by atoms with Crippen LogP contribution in [0.25, 0.3) is 5.52 Å². The Labute approximate surface area is 141 Å². The highest BCUT2D eigenvalue weighted by atomic mass is 16.6. The van der Waals surface area contributed by atoms with Gasteiger partial charge >= 0.3 is 6.09 Å². The van der Waals surface area contributed by atoms with E-state index in [0.29, 0.717) is 18.3 Å². The zero-order valence-electron chi connectivity index (χ0n) is 14.5. The molecule has 0 aromatic carbocycles. The van der Waals surface area contributed by atoms with Gasteiger partial charge in [-0.1, -0.05) is 0 Å². The van der Waals surface area contributed by atoms with Crippen molar-refractivity contribution in [2.45, 2.75) is 51.6 Å². The molecule has 1 aliphatic rings. The molecule has 0 aliphatic carbocycles. The van der Waals surface area contributed by atoms with Crippen molar-refractivity contribution in [3.63, 3.8) is 0 Å². The Balaban J connectivity index is 1.73. The predicted octanol–water partition coefficient (Wildman–Crippen LogP) is 2.82. The predicted molar refractivity (Wildman–Crippen MR) is 91.8 cm³/mol. The summed E-state index contributed by atoms with van der Waals surface area (Å²) in [6.45, 7) is 7.09. The zero-order valence-corrected chi connectivity index (χ0v) is 14.5. The molecule has 1 aliphatic heterocycles. The van der Waals surface area contributed by atoms with Crippen LogP contribution in [0.15, 0.2) is 18.5 Å². The maximum Gasteiger partial charge on any atom is 0.410 e. The average molecular weight is 331 g/mol. The first kappa shape index (κ1) is 16.5. The number of nitrogens with two attached hydrogens (primary N) is 1. The van der Waals surface area contributed by atoms with Crippen LogP contribution in [0.3, 0.4) is 0 Å². The van der Waals surface area contributed by atoms with Gasteiger partial charge < -0.3 is 15.4 Å². The molecule has 0 radical (unpaired) electrons. The lowest BCUT2D eigenvalue weighted by Crippen LogP contribution is -2.37. The fourth-order valence-electron chi connectivity index (χ4n) is 3.18. The van der Waals surface area contributed by atoms with E-state index in [1.165, 1.54) is 6.33 Å². The lowest BCUT2D eigenvalue weighted by Gasteiger charge is -2.26. The molecular weight excluding hydrogens is 306 g/mol. The minimum absolute atomic E-state index is 0.227. The summed E-state index contributed by atoms with van der Waals surface area (Å²) >= 11 is 0. The number of hydrogen-bond donors (Lipinski definition) is 1. The highest BCUT2D eigenvalue weighted by molar-refractivity contribution is 5.68. The monoisotopic (exact) mass is 331 g/mol. The number of nitrogens with zero attached hydrogens (tertiary/aromatic N) is 4. The van der Waals surface area contributed by atoms with Crippen molar-refractivity contribution in [3.05, 3.63) is 24.2 Å². The summed E-state index contributed by atoms with van der Waals surface area (Å²) in [4.78, 5) is 18.1. The molecule has 3 heterocycles. The fraction of sp³-hybridized carbons (Fsp3) is 0.588. The molecule has 0 bridgehead atoms. The average Bonchev–Trinajstić information content (AvgIpc) is 2.77. The fourth-order valence-corrected chi connectivity index (χ4v) is 3.18. The van der Waals surface area contributed by atoms with E-state index in [0.717, 1.165) is 37.0 Å². The van der Waals surface area contributed by atoms with Gasteiger partial charge in [-0.3, -0.25) is 0 Å². The van der Waals surface area contributed by atoms with E-state index < -0.39 is 5.60 Å². The standard InChI is InChI=1S/C17H25N5O2/c1-17(2,3)24-16(23)21-9-4-5-12(8-10-21)13-6-7-14-15(18)19-11-20-22(13)14/h6-7,11-12H,4-5,8-10H2,1-3H3,(H2,18,19,20). The lowest BCUT2D eigenvalue weighted by molar-refractivity contribution is 0.0256. The molecule has 1 unspecified atom stereocenters. The van der Waals surface area contributed by atoms with Crippen LogP contribution in [-0.2, 0) is 4.74 Å². The molecule has 1 amide bonds. The Bertz CT molecular complexity index is 734. The van der Waals surface area contributed by atoms with Crippen molar-refractivity contribution in [2.24, 2.45) is 0 Å². The molecule has 7 heteroatoms. The minimum atomic E-state index is -0.463. The minimum Gasteiger partial charge on any atom is -0.444 e. The van der Waals surface area contributed by atoms with Gasteiger partial charge in [0.25, 0.3) is 0 Å². The van der Waals surface area contributed by atoms with Crippen LogP contribution in [0.4, 0.5) is 10.6 Å². The Morgan fingerprint density at radius 2 is 2.08 bits per heavy atom. The van der Waals surface area contributed by atoms with Gasteiger partial charge in [0.05, 0.1) is 0 Å². The van der Waals surface area contributed by atoms with E-state index in [-0.39, 0.29) is 6.09 Å². The Morgan fingerprint density at radius 3 is 2.83 bits per heavy atom. The van der Waals surface area contributed by atoms with Crippen LogP contribution in [0.5, 0.6) is 0 Å². The smallest absolute Gasteiger partial charge is 0.410 e. The van der Waals surface area contributed by atoms with Crippen molar-refractivity contribution in [1.29, 1.82) is 0 Å². The molecule has 130 valence electrons. The molecule has 7 nitrogen and oxygen atoms in total. The van der Waals surface area contributed by atoms with Crippen molar-refractivity contribution in [1.82, 2.24) is 19.5 Å². The number of anilines is 1. The highest BCUT2D eigenvalue weighted by Gasteiger charge is 2.27. The first-order valence-corrected chi connectivity index (χ1v) is 8.41. The Kier molecular flexibility index (Phi) is 4.34. The summed E-state index contributed by atoms with van der Waals surface area (Å²) in [5.41, 5.74) is 7.41. The summed E-state index contributed by atoms with van der Waals surface area (Å²) in [6, 6.07) is 4.02. The molecule has 1 atom stereocenters.